The Morgan fingerprint density at radius 1 is 1.18 bits per heavy atom. The minimum absolute atomic E-state index is 0.114. The number of fused-ring (bicyclic) bond motifs is 3. The highest BCUT2D eigenvalue weighted by Crippen LogP contribution is 2.29. The van der Waals surface area contributed by atoms with Gasteiger partial charge < -0.3 is 14.8 Å². The Bertz CT molecular complexity index is 924. The number of hydrogen-bond acceptors (Lipinski definition) is 5. The zero-order chi connectivity index (χ0) is 19.3. The van der Waals surface area contributed by atoms with Gasteiger partial charge in [0, 0.05) is 5.56 Å². The summed E-state index contributed by atoms with van der Waals surface area (Å²) in [5.41, 5.74) is 2.28. The van der Waals surface area contributed by atoms with Crippen molar-refractivity contribution in [2.75, 3.05) is 20.3 Å². The van der Waals surface area contributed by atoms with Gasteiger partial charge in [0.2, 0.25) is 0 Å². The van der Waals surface area contributed by atoms with Crippen LogP contribution in [0.4, 0.5) is 0 Å². The van der Waals surface area contributed by atoms with E-state index in [-0.39, 0.29) is 6.04 Å². The minimum atomic E-state index is 0.114. The number of aryl methyl sites for hydroxylation is 1. The van der Waals surface area contributed by atoms with Gasteiger partial charge in [0.25, 0.3) is 0 Å². The molecule has 28 heavy (non-hydrogen) atoms. The van der Waals surface area contributed by atoms with Crippen LogP contribution in [0.15, 0.2) is 48.5 Å². The first-order chi connectivity index (χ1) is 13.7. The first-order valence-corrected chi connectivity index (χ1v) is 9.78. The molecule has 1 aromatic heterocycles. The second-order valence-corrected chi connectivity index (χ2v) is 7.00. The number of rotatable bonds is 2. The molecule has 2 heterocycles. The molecule has 0 saturated heterocycles. The van der Waals surface area contributed by atoms with Crippen molar-refractivity contribution in [1.29, 1.82) is 0 Å². The molecule has 2 bridgehead atoms. The van der Waals surface area contributed by atoms with Crippen LogP contribution in [0, 0.1) is 0 Å². The van der Waals surface area contributed by atoms with Crippen LogP contribution in [0.2, 0.25) is 0 Å². The van der Waals surface area contributed by atoms with Crippen LogP contribution in [0.1, 0.15) is 30.8 Å². The predicted molar refractivity (Wildman–Crippen MR) is 109 cm³/mol. The van der Waals surface area contributed by atoms with Crippen LogP contribution < -0.4 is 14.8 Å². The number of benzene rings is 2. The Morgan fingerprint density at radius 3 is 2.86 bits per heavy atom. The maximum atomic E-state index is 6.06. The topological polar surface area (TPSA) is 61.2 Å². The second kappa shape index (κ2) is 8.44. The molecule has 0 fully saturated rings. The van der Waals surface area contributed by atoms with E-state index in [4.69, 9.17) is 19.6 Å². The van der Waals surface area contributed by atoms with Crippen LogP contribution in [-0.2, 0) is 13.0 Å². The van der Waals surface area contributed by atoms with E-state index in [2.05, 4.69) is 24.4 Å². The molecule has 6 heteroatoms. The minimum Gasteiger partial charge on any atom is -0.493 e. The maximum Gasteiger partial charge on any atom is 0.181 e. The average Bonchev–Trinajstić information content (AvgIpc) is 3.16. The van der Waals surface area contributed by atoms with E-state index < -0.39 is 0 Å². The zero-order valence-electron chi connectivity index (χ0n) is 16.4. The predicted octanol–water partition coefficient (Wildman–Crippen LogP) is 3.63. The third kappa shape index (κ3) is 4.02. The van der Waals surface area contributed by atoms with Crippen LogP contribution >= 0.6 is 0 Å². The van der Waals surface area contributed by atoms with Crippen molar-refractivity contribution in [3.05, 3.63) is 59.9 Å². The van der Waals surface area contributed by atoms with Gasteiger partial charge in [-0.15, -0.1) is 0 Å². The van der Waals surface area contributed by atoms with E-state index in [0.29, 0.717) is 13.2 Å². The monoisotopic (exact) mass is 378 g/mol. The Hall–Kier alpha value is -2.86. The fourth-order valence-electron chi connectivity index (χ4n) is 3.48. The number of nitrogens with one attached hydrogen (secondary N) is 1. The summed E-state index contributed by atoms with van der Waals surface area (Å²) in [6.45, 7) is 4.17. The maximum absolute atomic E-state index is 6.06. The number of methoxy groups -OCH3 is 1. The zero-order valence-corrected chi connectivity index (χ0v) is 16.4. The number of nitrogens with zero attached hydrogens (tertiary/aromatic N) is 3. The van der Waals surface area contributed by atoms with Gasteiger partial charge >= 0.3 is 0 Å². The lowest BCUT2D eigenvalue weighted by molar-refractivity contribution is 0.270. The Morgan fingerprint density at radius 2 is 2.04 bits per heavy atom. The molecule has 0 amide bonds. The number of aromatic nitrogens is 3. The molecule has 3 aromatic rings. The highest BCUT2D eigenvalue weighted by Gasteiger charge is 2.18. The molecule has 4 rings (SSSR count). The highest BCUT2D eigenvalue weighted by molar-refractivity contribution is 5.54. The summed E-state index contributed by atoms with van der Waals surface area (Å²) in [5, 5.41) is 8.33. The van der Waals surface area contributed by atoms with E-state index in [9.17, 15) is 0 Å². The third-order valence-corrected chi connectivity index (χ3v) is 5.00. The number of ether oxygens (including phenoxy) is 2. The standard InChI is InChI=1S/C22H26N4O2/c1-16-22-24-21(18-8-4-3-5-9-18)25-26(22)13-14-28-20-15-17(7-6-12-23-16)10-11-19(20)27-2/h3-5,8-11,15-16,23H,6-7,12-14H2,1-2H3/t16-/m1/s1. The van der Waals surface area contributed by atoms with Crippen molar-refractivity contribution in [3.8, 4) is 22.9 Å². The summed E-state index contributed by atoms with van der Waals surface area (Å²) in [6.07, 6.45) is 2.03. The molecule has 0 unspecified atom stereocenters. The normalized spacial score (nSPS) is 17.4. The Labute approximate surface area is 165 Å². The highest BCUT2D eigenvalue weighted by atomic mass is 16.5. The third-order valence-electron chi connectivity index (χ3n) is 5.00. The van der Waals surface area contributed by atoms with E-state index >= 15 is 0 Å². The first kappa shape index (κ1) is 18.5. The lowest BCUT2D eigenvalue weighted by Crippen LogP contribution is -2.24. The van der Waals surface area contributed by atoms with Crippen LogP contribution in [-0.4, -0.2) is 35.0 Å². The van der Waals surface area contributed by atoms with Crippen molar-refractivity contribution in [2.24, 2.45) is 0 Å². The molecule has 1 aliphatic rings. The van der Waals surface area contributed by atoms with Gasteiger partial charge in [0.15, 0.2) is 17.3 Å². The number of hydrogen-bond donors (Lipinski definition) is 1. The average molecular weight is 378 g/mol. The van der Waals surface area contributed by atoms with Gasteiger partial charge in [0.05, 0.1) is 19.7 Å². The summed E-state index contributed by atoms with van der Waals surface area (Å²) < 4.78 is 13.5. The summed E-state index contributed by atoms with van der Waals surface area (Å²) in [6, 6.07) is 16.4. The quantitative estimate of drug-likeness (QED) is 0.738. The van der Waals surface area contributed by atoms with E-state index in [0.717, 1.165) is 48.1 Å². The van der Waals surface area contributed by atoms with Gasteiger partial charge in [-0.05, 0) is 44.0 Å². The fourth-order valence-corrected chi connectivity index (χ4v) is 3.48. The molecule has 146 valence electrons. The largest absolute Gasteiger partial charge is 0.493 e. The smallest absolute Gasteiger partial charge is 0.181 e. The fraction of sp³-hybridized carbons (Fsp3) is 0.364. The molecule has 0 aliphatic carbocycles. The molecule has 1 N–H and O–H groups in total. The molecule has 0 radical (unpaired) electrons. The first-order valence-electron chi connectivity index (χ1n) is 9.78. The van der Waals surface area contributed by atoms with E-state index in [1.165, 1.54) is 5.56 Å². The van der Waals surface area contributed by atoms with Gasteiger partial charge in [-0.25, -0.2) is 9.67 Å². The van der Waals surface area contributed by atoms with Crippen molar-refractivity contribution < 1.29 is 9.47 Å². The van der Waals surface area contributed by atoms with Gasteiger partial charge in [0.1, 0.15) is 12.4 Å². The molecule has 1 atom stereocenters. The molecule has 0 saturated carbocycles. The summed E-state index contributed by atoms with van der Waals surface area (Å²) >= 11 is 0. The molecule has 1 aliphatic heterocycles. The lowest BCUT2D eigenvalue weighted by atomic mass is 10.1. The summed E-state index contributed by atoms with van der Waals surface area (Å²) in [4.78, 5) is 4.82. The molecule has 2 aromatic carbocycles. The van der Waals surface area contributed by atoms with E-state index in [1.807, 2.05) is 41.1 Å². The van der Waals surface area contributed by atoms with Crippen molar-refractivity contribution in [3.63, 3.8) is 0 Å². The van der Waals surface area contributed by atoms with Gasteiger partial charge in [-0.2, -0.15) is 5.10 Å². The summed E-state index contributed by atoms with van der Waals surface area (Å²) in [7, 11) is 1.67. The van der Waals surface area contributed by atoms with Crippen molar-refractivity contribution in [2.45, 2.75) is 32.4 Å². The van der Waals surface area contributed by atoms with E-state index in [1.54, 1.807) is 7.11 Å². The Balaban J connectivity index is 1.63. The second-order valence-electron chi connectivity index (χ2n) is 7.00. The molecular weight excluding hydrogens is 352 g/mol. The molecule has 0 spiro atoms. The lowest BCUT2D eigenvalue weighted by Gasteiger charge is -2.14. The SMILES string of the molecule is COc1ccc2cc1OCCn1nc(-c3ccccc3)nc1[C@@H](C)NCCC2. The summed E-state index contributed by atoms with van der Waals surface area (Å²) in [5.74, 6) is 3.22. The Kier molecular flexibility index (Phi) is 5.58. The van der Waals surface area contributed by atoms with Gasteiger partial charge in [-0.3, -0.25) is 0 Å². The molecular formula is C22H26N4O2. The van der Waals surface area contributed by atoms with Gasteiger partial charge in [-0.1, -0.05) is 36.4 Å². The molecule has 6 nitrogen and oxygen atoms in total. The van der Waals surface area contributed by atoms with Crippen molar-refractivity contribution in [1.82, 2.24) is 20.1 Å². The van der Waals surface area contributed by atoms with Crippen LogP contribution in [0.3, 0.4) is 0 Å². The van der Waals surface area contributed by atoms with Crippen LogP contribution in [0.5, 0.6) is 11.5 Å². The van der Waals surface area contributed by atoms with Crippen LogP contribution in [0.25, 0.3) is 11.4 Å². The van der Waals surface area contributed by atoms with Crippen molar-refractivity contribution >= 4 is 0 Å².